The summed E-state index contributed by atoms with van der Waals surface area (Å²) in [7, 11) is 0. The number of amidine groups is 2. The number of nitrogens with zero attached hydrogens (tertiary/aromatic N) is 3. The Balaban J connectivity index is 1.59. The lowest BCUT2D eigenvalue weighted by Crippen LogP contribution is -2.37. The first-order valence-corrected chi connectivity index (χ1v) is 11.1. The van der Waals surface area contributed by atoms with Crippen LogP contribution >= 0.6 is 35.1 Å². The summed E-state index contributed by atoms with van der Waals surface area (Å²) >= 11 is 8.60. The molecule has 6 nitrogen and oxygen atoms in total. The van der Waals surface area contributed by atoms with Crippen LogP contribution in [0.5, 0.6) is 0 Å². The number of thioether (sulfide) groups is 2. The van der Waals surface area contributed by atoms with Crippen molar-refractivity contribution in [2.24, 2.45) is 10.1 Å². The van der Waals surface area contributed by atoms with Gasteiger partial charge in [-0.05, 0) is 59.8 Å². The first-order valence-electron chi connectivity index (χ1n) is 9.04. The van der Waals surface area contributed by atoms with Crippen molar-refractivity contribution in [2.75, 3.05) is 0 Å². The minimum atomic E-state index is -0.709. The van der Waals surface area contributed by atoms with Gasteiger partial charge in [0.15, 0.2) is 5.17 Å². The lowest BCUT2D eigenvalue weighted by Gasteiger charge is -2.30. The zero-order chi connectivity index (χ0) is 21.3. The first kappa shape index (κ1) is 20.7. The number of hydrazone groups is 1. The molecule has 2 aromatic rings. The van der Waals surface area contributed by atoms with Crippen LogP contribution < -0.4 is 5.32 Å². The number of hydrogen-bond acceptors (Lipinski definition) is 6. The second-order valence-corrected chi connectivity index (χ2v) is 9.53. The zero-order valence-corrected chi connectivity index (χ0v) is 18.5. The number of carbonyl (C=O) groups excluding carboxylic acids is 2. The molecule has 0 saturated carbocycles. The number of aliphatic imine (C=N–C) groups is 1. The molecule has 0 bridgehead atoms. The highest BCUT2D eigenvalue weighted by Gasteiger charge is 2.44. The molecule has 4 rings (SSSR count). The summed E-state index contributed by atoms with van der Waals surface area (Å²) in [5, 5.41) is 10.0. The number of halogens is 1. The summed E-state index contributed by atoms with van der Waals surface area (Å²) in [6.07, 6.45) is 1.76. The molecule has 2 aliphatic rings. The molecule has 2 aromatic carbocycles. The minimum Gasteiger partial charge on any atom is -0.300 e. The Hall–Kier alpha value is -2.55. The van der Waals surface area contributed by atoms with Gasteiger partial charge in [0.2, 0.25) is 11.1 Å². The van der Waals surface area contributed by atoms with Gasteiger partial charge in [0.05, 0.1) is 4.91 Å². The number of amides is 2. The van der Waals surface area contributed by atoms with E-state index in [1.807, 2.05) is 49.4 Å². The molecule has 1 atom stereocenters. The van der Waals surface area contributed by atoms with E-state index in [2.05, 4.69) is 15.4 Å². The summed E-state index contributed by atoms with van der Waals surface area (Å²) in [5.74, 6) is -0.426. The Morgan fingerprint density at radius 2 is 2.00 bits per heavy atom. The number of rotatable bonds is 2. The summed E-state index contributed by atoms with van der Waals surface area (Å²) in [6.45, 7) is 3.40. The third-order valence-corrected chi connectivity index (χ3v) is 6.79. The normalized spacial score (nSPS) is 23.8. The monoisotopic (exact) mass is 456 g/mol. The number of nitrogens with one attached hydrogen (secondary N) is 1. The van der Waals surface area contributed by atoms with Gasteiger partial charge in [-0.1, -0.05) is 54.1 Å². The van der Waals surface area contributed by atoms with Crippen LogP contribution in [0.1, 0.15) is 25.0 Å². The number of benzene rings is 2. The van der Waals surface area contributed by atoms with Gasteiger partial charge >= 0.3 is 0 Å². The summed E-state index contributed by atoms with van der Waals surface area (Å²) in [4.78, 5) is 28.8. The Morgan fingerprint density at radius 1 is 1.23 bits per heavy atom. The van der Waals surface area contributed by atoms with E-state index < -0.39 is 4.87 Å². The molecule has 30 heavy (non-hydrogen) atoms. The summed E-state index contributed by atoms with van der Waals surface area (Å²) < 4.78 is 0. The lowest BCUT2D eigenvalue weighted by molar-refractivity contribution is -0.131. The molecule has 152 valence electrons. The fourth-order valence-corrected chi connectivity index (χ4v) is 5.29. The Kier molecular flexibility index (Phi) is 5.73. The van der Waals surface area contributed by atoms with Crippen molar-refractivity contribution in [1.29, 1.82) is 0 Å². The standard InChI is InChI=1S/C21H17ClN4O2S2/c1-13(27)26-21(2,15-8-4-3-5-9-15)30-20(25-26)24-19-23-18(28)17(29-19)12-14-7-6-10-16(22)11-14/h3-12H,1-2H3,(H,23,24,25,28)/b17-12-. The highest BCUT2D eigenvalue weighted by molar-refractivity contribution is 8.19. The van der Waals surface area contributed by atoms with Gasteiger partial charge in [-0.15, -0.1) is 5.10 Å². The van der Waals surface area contributed by atoms with Crippen molar-refractivity contribution in [3.8, 4) is 0 Å². The molecular weight excluding hydrogens is 440 g/mol. The Morgan fingerprint density at radius 3 is 2.70 bits per heavy atom. The quantitative estimate of drug-likeness (QED) is 0.668. The van der Waals surface area contributed by atoms with Crippen LogP contribution in [0.2, 0.25) is 5.02 Å². The summed E-state index contributed by atoms with van der Waals surface area (Å²) in [5.41, 5.74) is 1.77. The van der Waals surface area contributed by atoms with E-state index in [9.17, 15) is 9.59 Å². The molecule has 0 radical (unpaired) electrons. The van der Waals surface area contributed by atoms with Gasteiger partial charge in [0, 0.05) is 11.9 Å². The average molecular weight is 457 g/mol. The van der Waals surface area contributed by atoms with Crippen LogP contribution in [0.3, 0.4) is 0 Å². The highest BCUT2D eigenvalue weighted by Crippen LogP contribution is 2.46. The topological polar surface area (TPSA) is 74.1 Å². The molecule has 1 N–H and O–H groups in total. The van der Waals surface area contributed by atoms with E-state index in [0.717, 1.165) is 11.1 Å². The SMILES string of the molecule is CC(=O)N1N=C(/N=C2\NC(=O)/C(=C/c3cccc(Cl)c3)S2)SC1(C)c1ccccc1. The smallest absolute Gasteiger partial charge is 0.264 e. The first-order chi connectivity index (χ1) is 14.3. The molecule has 1 unspecified atom stereocenters. The van der Waals surface area contributed by atoms with E-state index in [-0.39, 0.29) is 11.8 Å². The molecule has 2 amide bonds. The maximum absolute atomic E-state index is 12.3. The molecule has 0 aliphatic carbocycles. The molecule has 0 aromatic heterocycles. The van der Waals surface area contributed by atoms with E-state index in [1.54, 1.807) is 18.2 Å². The van der Waals surface area contributed by atoms with Gasteiger partial charge in [-0.25, -0.2) is 5.01 Å². The van der Waals surface area contributed by atoms with Gasteiger partial charge < -0.3 is 5.32 Å². The third kappa shape index (κ3) is 4.16. The van der Waals surface area contributed by atoms with E-state index in [0.29, 0.717) is 20.3 Å². The second kappa shape index (κ2) is 8.29. The van der Waals surface area contributed by atoms with E-state index in [1.165, 1.54) is 35.5 Å². The predicted molar refractivity (Wildman–Crippen MR) is 124 cm³/mol. The Labute approximate surface area is 187 Å². The van der Waals surface area contributed by atoms with Crippen molar-refractivity contribution in [2.45, 2.75) is 18.7 Å². The minimum absolute atomic E-state index is 0.186. The highest BCUT2D eigenvalue weighted by atomic mass is 35.5. The van der Waals surface area contributed by atoms with Crippen molar-refractivity contribution in [3.63, 3.8) is 0 Å². The molecule has 1 fully saturated rings. The van der Waals surface area contributed by atoms with Gasteiger partial charge in [0.25, 0.3) is 5.91 Å². The average Bonchev–Trinajstić information content (AvgIpc) is 3.23. The van der Waals surface area contributed by atoms with Crippen molar-refractivity contribution in [3.05, 3.63) is 75.7 Å². The van der Waals surface area contributed by atoms with Crippen LogP contribution in [0.4, 0.5) is 0 Å². The van der Waals surface area contributed by atoms with Crippen molar-refractivity contribution < 1.29 is 9.59 Å². The molecular formula is C21H17ClN4O2S2. The third-order valence-electron chi connectivity index (χ3n) is 4.48. The largest absolute Gasteiger partial charge is 0.300 e. The van der Waals surface area contributed by atoms with Crippen LogP contribution in [-0.2, 0) is 14.5 Å². The predicted octanol–water partition coefficient (Wildman–Crippen LogP) is 4.64. The summed E-state index contributed by atoms with van der Waals surface area (Å²) in [6, 6.07) is 16.9. The molecule has 2 heterocycles. The van der Waals surface area contributed by atoms with Crippen molar-refractivity contribution in [1.82, 2.24) is 10.3 Å². The maximum Gasteiger partial charge on any atom is 0.264 e. The molecule has 9 heteroatoms. The fourth-order valence-electron chi connectivity index (χ4n) is 3.08. The molecule has 2 aliphatic heterocycles. The fraction of sp³-hybridized carbons (Fsp3) is 0.143. The number of hydrogen-bond donors (Lipinski definition) is 1. The van der Waals surface area contributed by atoms with Gasteiger partial charge in [-0.3, -0.25) is 9.59 Å². The molecule has 1 saturated heterocycles. The maximum atomic E-state index is 12.3. The van der Waals surface area contributed by atoms with Gasteiger partial charge in [0.1, 0.15) is 4.87 Å². The van der Waals surface area contributed by atoms with E-state index >= 15 is 0 Å². The van der Waals surface area contributed by atoms with Gasteiger partial charge in [-0.2, -0.15) is 4.99 Å². The van der Waals surface area contributed by atoms with Crippen LogP contribution in [0, 0.1) is 0 Å². The lowest BCUT2D eigenvalue weighted by atomic mass is 10.1. The zero-order valence-electron chi connectivity index (χ0n) is 16.1. The molecule has 0 spiro atoms. The van der Waals surface area contributed by atoms with Crippen LogP contribution in [0.25, 0.3) is 6.08 Å². The second-order valence-electron chi connectivity index (χ2n) is 6.70. The number of carbonyl (C=O) groups is 2. The van der Waals surface area contributed by atoms with Crippen LogP contribution in [-0.4, -0.2) is 27.2 Å². The van der Waals surface area contributed by atoms with Crippen molar-refractivity contribution >= 4 is 63.4 Å². The Bertz CT molecular complexity index is 1120. The van der Waals surface area contributed by atoms with E-state index in [4.69, 9.17) is 11.6 Å². The van der Waals surface area contributed by atoms with Crippen LogP contribution in [0.15, 0.2) is 69.6 Å².